The highest BCUT2D eigenvalue weighted by Gasteiger charge is 2.18. The van der Waals surface area contributed by atoms with E-state index >= 15 is 0 Å². The second kappa shape index (κ2) is 3.70. The van der Waals surface area contributed by atoms with Gasteiger partial charge in [0.15, 0.2) is 0 Å². The first-order valence-electron chi connectivity index (χ1n) is 4.61. The molecular weight excluding hydrogens is 219 g/mol. The minimum Gasteiger partial charge on any atom is -0.380 e. The summed E-state index contributed by atoms with van der Waals surface area (Å²) in [7, 11) is 0. The normalized spacial score (nSPS) is 19.9. The number of hydrogen-bond donors (Lipinski definition) is 2. The molecule has 0 aromatic heterocycles. The van der Waals surface area contributed by atoms with Crippen LogP contribution in [0.3, 0.4) is 0 Å². The zero-order chi connectivity index (χ0) is 11.0. The van der Waals surface area contributed by atoms with E-state index in [4.69, 9.17) is 11.6 Å². The van der Waals surface area contributed by atoms with E-state index in [1.165, 1.54) is 12.1 Å². The highest BCUT2D eigenvalue weighted by Crippen LogP contribution is 2.31. The van der Waals surface area contributed by atoms with Crippen LogP contribution in [0.4, 0.5) is 15.8 Å². The van der Waals surface area contributed by atoms with Gasteiger partial charge < -0.3 is 10.6 Å². The van der Waals surface area contributed by atoms with Gasteiger partial charge in [-0.2, -0.15) is 0 Å². The van der Waals surface area contributed by atoms with Crippen LogP contribution in [0.1, 0.15) is 13.3 Å². The SMILES string of the molecule is CC1CC(=O)Nc2cc(Cl)c(F)cc2N1. The van der Waals surface area contributed by atoms with E-state index < -0.39 is 5.82 Å². The van der Waals surface area contributed by atoms with Gasteiger partial charge in [0.2, 0.25) is 5.91 Å². The minimum absolute atomic E-state index is 0.00500. The van der Waals surface area contributed by atoms with Crippen LogP contribution >= 0.6 is 11.6 Å². The number of fused-ring (bicyclic) bond motifs is 1. The highest BCUT2D eigenvalue weighted by atomic mass is 35.5. The third kappa shape index (κ3) is 2.04. The Hall–Kier alpha value is -1.29. The number of rotatable bonds is 0. The maximum atomic E-state index is 13.2. The molecule has 0 radical (unpaired) electrons. The molecule has 5 heteroatoms. The second-order valence-electron chi connectivity index (χ2n) is 3.61. The zero-order valence-corrected chi connectivity index (χ0v) is 8.86. The van der Waals surface area contributed by atoms with E-state index in [1.54, 1.807) is 0 Å². The monoisotopic (exact) mass is 228 g/mol. The van der Waals surface area contributed by atoms with Crippen molar-refractivity contribution in [3.8, 4) is 0 Å². The molecule has 1 unspecified atom stereocenters. The molecule has 1 aliphatic heterocycles. The van der Waals surface area contributed by atoms with Crippen LogP contribution in [0.15, 0.2) is 12.1 Å². The molecule has 0 fully saturated rings. The Morgan fingerprint density at radius 2 is 2.20 bits per heavy atom. The lowest BCUT2D eigenvalue weighted by molar-refractivity contribution is -0.116. The Bertz CT molecular complexity index is 422. The molecule has 0 spiro atoms. The summed E-state index contributed by atoms with van der Waals surface area (Å²) in [5.41, 5.74) is 1.09. The summed E-state index contributed by atoms with van der Waals surface area (Å²) in [5, 5.41) is 5.71. The van der Waals surface area contributed by atoms with Gasteiger partial charge in [0.05, 0.1) is 16.4 Å². The van der Waals surface area contributed by atoms with Gasteiger partial charge in [-0.05, 0) is 13.0 Å². The summed E-state index contributed by atoms with van der Waals surface area (Å²) in [6, 6.07) is 2.68. The number of hydrogen-bond acceptors (Lipinski definition) is 2. The molecule has 0 saturated heterocycles. The molecule has 0 aliphatic carbocycles. The molecule has 0 saturated carbocycles. The van der Waals surface area contributed by atoms with Gasteiger partial charge in [-0.15, -0.1) is 0 Å². The van der Waals surface area contributed by atoms with Crippen LogP contribution < -0.4 is 10.6 Å². The summed E-state index contributed by atoms with van der Waals surface area (Å²) in [6.07, 6.45) is 0.355. The number of nitrogens with one attached hydrogen (secondary N) is 2. The number of anilines is 2. The number of halogens is 2. The summed E-state index contributed by atoms with van der Waals surface area (Å²) in [4.78, 5) is 11.4. The molecule has 1 atom stereocenters. The molecule has 0 bridgehead atoms. The van der Waals surface area contributed by atoms with Gasteiger partial charge in [0, 0.05) is 18.5 Å². The van der Waals surface area contributed by atoms with Crippen molar-refractivity contribution in [3.05, 3.63) is 23.0 Å². The van der Waals surface area contributed by atoms with Crippen molar-refractivity contribution in [1.82, 2.24) is 0 Å². The van der Waals surface area contributed by atoms with Gasteiger partial charge in [0.1, 0.15) is 5.82 Å². The number of benzene rings is 1. The molecule has 15 heavy (non-hydrogen) atoms. The van der Waals surface area contributed by atoms with E-state index in [0.29, 0.717) is 17.8 Å². The molecule has 1 aliphatic rings. The Morgan fingerprint density at radius 1 is 1.47 bits per heavy atom. The molecule has 1 aromatic carbocycles. The van der Waals surface area contributed by atoms with Crippen molar-refractivity contribution in [2.45, 2.75) is 19.4 Å². The fourth-order valence-electron chi connectivity index (χ4n) is 1.57. The summed E-state index contributed by atoms with van der Waals surface area (Å²) in [5.74, 6) is -0.595. The van der Waals surface area contributed by atoms with Crippen LogP contribution in [0, 0.1) is 5.82 Å². The number of carbonyl (C=O) groups excluding carboxylic acids is 1. The molecular formula is C10H10ClFN2O. The van der Waals surface area contributed by atoms with Crippen molar-refractivity contribution in [2.24, 2.45) is 0 Å². The van der Waals surface area contributed by atoms with Gasteiger partial charge in [0.25, 0.3) is 0 Å². The molecule has 1 heterocycles. The van der Waals surface area contributed by atoms with Crippen LogP contribution in [-0.4, -0.2) is 11.9 Å². The van der Waals surface area contributed by atoms with E-state index in [0.717, 1.165) is 0 Å². The van der Waals surface area contributed by atoms with E-state index in [1.807, 2.05) is 6.92 Å². The lowest BCUT2D eigenvalue weighted by atomic mass is 10.2. The van der Waals surface area contributed by atoms with Crippen LogP contribution in [-0.2, 0) is 4.79 Å². The minimum atomic E-state index is -0.494. The van der Waals surface area contributed by atoms with Crippen molar-refractivity contribution in [2.75, 3.05) is 10.6 Å². The summed E-state index contributed by atoms with van der Waals surface area (Å²) < 4.78 is 13.2. The second-order valence-corrected chi connectivity index (χ2v) is 4.02. The first-order chi connectivity index (χ1) is 7.06. The molecule has 3 nitrogen and oxygen atoms in total. The fraction of sp³-hybridized carbons (Fsp3) is 0.300. The maximum absolute atomic E-state index is 13.2. The molecule has 1 aromatic rings. The number of amides is 1. The molecule has 2 rings (SSSR count). The molecule has 2 N–H and O–H groups in total. The van der Waals surface area contributed by atoms with Crippen molar-refractivity contribution in [1.29, 1.82) is 0 Å². The topological polar surface area (TPSA) is 41.1 Å². The third-order valence-electron chi connectivity index (χ3n) is 2.23. The van der Waals surface area contributed by atoms with Gasteiger partial charge in [-0.3, -0.25) is 4.79 Å². The van der Waals surface area contributed by atoms with Crippen LogP contribution in [0.5, 0.6) is 0 Å². The van der Waals surface area contributed by atoms with Crippen molar-refractivity contribution in [3.63, 3.8) is 0 Å². The quantitative estimate of drug-likeness (QED) is 0.717. The Kier molecular flexibility index (Phi) is 2.52. The first-order valence-corrected chi connectivity index (χ1v) is 4.99. The first kappa shape index (κ1) is 10.2. The molecule has 80 valence electrons. The Morgan fingerprint density at radius 3 is 2.93 bits per heavy atom. The maximum Gasteiger partial charge on any atom is 0.226 e. The summed E-state index contributed by atoms with van der Waals surface area (Å²) >= 11 is 5.63. The standard InChI is InChI=1S/C10H10ClFN2O/c1-5-2-10(15)14-8-3-6(11)7(12)4-9(8)13-5/h3-5,13H,2H2,1H3,(H,14,15). The lowest BCUT2D eigenvalue weighted by Crippen LogP contribution is -2.18. The van der Waals surface area contributed by atoms with E-state index in [9.17, 15) is 9.18 Å². The van der Waals surface area contributed by atoms with Crippen LogP contribution in [0.25, 0.3) is 0 Å². The predicted molar refractivity (Wildman–Crippen MR) is 57.7 cm³/mol. The van der Waals surface area contributed by atoms with Gasteiger partial charge >= 0.3 is 0 Å². The molecule has 1 amide bonds. The zero-order valence-electron chi connectivity index (χ0n) is 8.10. The van der Waals surface area contributed by atoms with Crippen molar-refractivity contribution >= 4 is 28.9 Å². The summed E-state index contributed by atoms with van der Waals surface area (Å²) in [6.45, 7) is 1.86. The average Bonchev–Trinajstić information content (AvgIpc) is 2.24. The lowest BCUT2D eigenvalue weighted by Gasteiger charge is -2.11. The van der Waals surface area contributed by atoms with Crippen LogP contribution in [0.2, 0.25) is 5.02 Å². The largest absolute Gasteiger partial charge is 0.380 e. The van der Waals surface area contributed by atoms with Gasteiger partial charge in [-0.25, -0.2) is 4.39 Å². The predicted octanol–water partition coefficient (Wildman–Crippen LogP) is 2.62. The van der Waals surface area contributed by atoms with Gasteiger partial charge in [-0.1, -0.05) is 11.6 Å². The average molecular weight is 229 g/mol. The Labute approximate surface area is 91.6 Å². The Balaban J connectivity index is 2.46. The third-order valence-corrected chi connectivity index (χ3v) is 2.52. The highest BCUT2D eigenvalue weighted by molar-refractivity contribution is 6.31. The van der Waals surface area contributed by atoms with Crippen molar-refractivity contribution < 1.29 is 9.18 Å². The fourth-order valence-corrected chi connectivity index (χ4v) is 1.73. The smallest absolute Gasteiger partial charge is 0.226 e. The van der Waals surface area contributed by atoms with E-state index in [-0.39, 0.29) is 17.0 Å². The number of carbonyl (C=O) groups is 1. The van der Waals surface area contributed by atoms with E-state index in [2.05, 4.69) is 10.6 Å².